The smallest absolute Gasteiger partial charge is 0.407 e. The molecule has 3 fully saturated rings. The molecule has 3 amide bonds. The molecule has 1 saturated heterocycles. The molecule has 0 aromatic carbocycles. The maximum atomic E-state index is 11.9. The summed E-state index contributed by atoms with van der Waals surface area (Å²) in [7, 11) is 1.42. The minimum Gasteiger partial charge on any atom is -0.469 e. The van der Waals surface area contributed by atoms with Crippen LogP contribution < -0.4 is 11.1 Å². The van der Waals surface area contributed by atoms with Crippen molar-refractivity contribution in [2.45, 2.75) is 77.9 Å². The molecule has 33 heavy (non-hydrogen) atoms. The van der Waals surface area contributed by atoms with Crippen LogP contribution in [-0.2, 0) is 23.9 Å². The minimum atomic E-state index is -0.569. The van der Waals surface area contributed by atoms with E-state index in [2.05, 4.69) is 37.4 Å². The molecule has 0 radical (unpaired) electrons. The number of methoxy groups -OCH3 is 1. The Kier molecular flexibility index (Phi) is 12.5. The second kappa shape index (κ2) is 14.5. The maximum absolute atomic E-state index is 11.9. The highest BCUT2D eigenvalue weighted by atomic mass is 16.6. The van der Waals surface area contributed by atoms with Gasteiger partial charge in [-0.15, -0.1) is 6.58 Å². The molecule has 2 aliphatic carbocycles. The van der Waals surface area contributed by atoms with Gasteiger partial charge in [0.2, 0.25) is 11.8 Å². The number of likely N-dealkylation sites (tertiary alicyclic amines) is 1. The SMILES string of the molecule is C=CC1CC1C(=O)OC.CC(C)C.NC(=O)C1CCCN1C(=O)CNC(=O)OC1CCCC1. The molecule has 3 N–H and O–H groups in total. The highest BCUT2D eigenvalue weighted by Gasteiger charge is 2.41. The number of nitrogens with two attached hydrogens (primary N) is 1. The Morgan fingerprint density at radius 3 is 2.21 bits per heavy atom. The molecule has 0 bridgehead atoms. The van der Waals surface area contributed by atoms with Crippen LogP contribution in [0.25, 0.3) is 0 Å². The Hall–Kier alpha value is -2.58. The molecule has 2 saturated carbocycles. The molecule has 188 valence electrons. The fourth-order valence-corrected chi connectivity index (χ4v) is 3.71. The van der Waals surface area contributed by atoms with E-state index >= 15 is 0 Å². The lowest BCUT2D eigenvalue weighted by Crippen LogP contribution is -2.47. The molecule has 0 aromatic heterocycles. The Bertz CT molecular complexity index is 672. The van der Waals surface area contributed by atoms with Crippen molar-refractivity contribution in [2.75, 3.05) is 20.2 Å². The third-order valence-electron chi connectivity index (χ3n) is 5.51. The van der Waals surface area contributed by atoms with Crippen molar-refractivity contribution in [1.29, 1.82) is 0 Å². The number of ether oxygens (including phenoxy) is 2. The summed E-state index contributed by atoms with van der Waals surface area (Å²) in [5, 5.41) is 2.44. The van der Waals surface area contributed by atoms with Crippen molar-refractivity contribution in [3.8, 4) is 0 Å². The van der Waals surface area contributed by atoms with Crippen LogP contribution in [0.15, 0.2) is 12.7 Å². The van der Waals surface area contributed by atoms with Crippen LogP contribution in [0.5, 0.6) is 0 Å². The summed E-state index contributed by atoms with van der Waals surface area (Å²) in [6.07, 6.45) is 7.40. The van der Waals surface area contributed by atoms with Gasteiger partial charge in [0, 0.05) is 6.54 Å². The lowest BCUT2D eigenvalue weighted by Gasteiger charge is -2.22. The number of nitrogens with one attached hydrogen (secondary N) is 1. The van der Waals surface area contributed by atoms with E-state index in [-0.39, 0.29) is 30.4 Å². The van der Waals surface area contributed by atoms with Crippen molar-refractivity contribution in [1.82, 2.24) is 10.2 Å². The van der Waals surface area contributed by atoms with Gasteiger partial charge in [0.05, 0.1) is 13.0 Å². The second-order valence-corrected chi connectivity index (χ2v) is 9.31. The van der Waals surface area contributed by atoms with Gasteiger partial charge in [-0.05, 0) is 56.8 Å². The van der Waals surface area contributed by atoms with Gasteiger partial charge in [-0.3, -0.25) is 14.4 Å². The van der Waals surface area contributed by atoms with Gasteiger partial charge in [0.15, 0.2) is 0 Å². The largest absolute Gasteiger partial charge is 0.469 e. The second-order valence-electron chi connectivity index (χ2n) is 9.31. The quantitative estimate of drug-likeness (QED) is 0.457. The summed E-state index contributed by atoms with van der Waals surface area (Å²) in [5.74, 6) is 0.448. The Balaban J connectivity index is 0.000000345. The van der Waals surface area contributed by atoms with Crippen LogP contribution in [0, 0.1) is 17.8 Å². The first-order valence-corrected chi connectivity index (χ1v) is 11.8. The fourth-order valence-electron chi connectivity index (χ4n) is 3.71. The number of amides is 3. The number of nitrogens with zero attached hydrogens (tertiary/aromatic N) is 1. The van der Waals surface area contributed by atoms with Crippen molar-refractivity contribution in [3.63, 3.8) is 0 Å². The number of allylic oxidation sites excluding steroid dienone is 1. The van der Waals surface area contributed by atoms with Crippen LogP contribution in [0.2, 0.25) is 0 Å². The minimum absolute atomic E-state index is 0.0322. The standard InChI is InChI=1S/C13H21N3O4.C7H10O2.C4H10/c14-12(18)10-6-3-7-16(10)11(17)8-15-13(19)20-9-4-1-2-5-9;1-3-5-4-6(5)7(8)9-2;1-4(2)3/h9-10H,1-8H2,(H2,14,18)(H,15,19);3,5-6H,1,4H2,2H3;4H,1-3H3. The molecular weight excluding hydrogens is 426 g/mol. The third-order valence-corrected chi connectivity index (χ3v) is 5.51. The first kappa shape index (κ1) is 28.5. The highest BCUT2D eigenvalue weighted by molar-refractivity contribution is 5.89. The molecule has 9 heteroatoms. The third kappa shape index (κ3) is 10.7. The molecule has 3 unspecified atom stereocenters. The molecule has 1 aliphatic heterocycles. The van der Waals surface area contributed by atoms with Crippen molar-refractivity contribution in [2.24, 2.45) is 23.5 Å². The van der Waals surface area contributed by atoms with E-state index in [9.17, 15) is 19.2 Å². The van der Waals surface area contributed by atoms with Crippen LogP contribution in [0.4, 0.5) is 4.79 Å². The van der Waals surface area contributed by atoms with E-state index in [1.807, 2.05) is 6.08 Å². The number of carbonyl (C=O) groups excluding carboxylic acids is 4. The van der Waals surface area contributed by atoms with Crippen LogP contribution in [-0.4, -0.2) is 61.1 Å². The van der Waals surface area contributed by atoms with Gasteiger partial charge in [-0.1, -0.05) is 26.8 Å². The van der Waals surface area contributed by atoms with Gasteiger partial charge >= 0.3 is 12.1 Å². The zero-order valence-electron chi connectivity index (χ0n) is 20.5. The van der Waals surface area contributed by atoms with Gasteiger partial charge in [0.1, 0.15) is 18.7 Å². The summed E-state index contributed by atoms with van der Waals surface area (Å²) in [5.41, 5.74) is 5.25. The molecule has 9 nitrogen and oxygen atoms in total. The maximum Gasteiger partial charge on any atom is 0.407 e. The summed E-state index contributed by atoms with van der Waals surface area (Å²) in [6.45, 7) is 10.4. The Morgan fingerprint density at radius 2 is 1.73 bits per heavy atom. The van der Waals surface area contributed by atoms with Crippen LogP contribution >= 0.6 is 0 Å². The molecule has 3 atom stereocenters. The average Bonchev–Trinajstić information content (AvgIpc) is 3.13. The summed E-state index contributed by atoms with van der Waals surface area (Å²) in [6, 6.07) is -0.546. The van der Waals surface area contributed by atoms with Gasteiger partial charge in [-0.2, -0.15) is 0 Å². The number of alkyl carbamates (subject to hydrolysis) is 1. The first-order chi connectivity index (χ1) is 15.6. The van der Waals surface area contributed by atoms with Crippen molar-refractivity contribution in [3.05, 3.63) is 12.7 Å². The first-order valence-electron chi connectivity index (χ1n) is 11.8. The highest BCUT2D eigenvalue weighted by Crippen LogP contribution is 2.39. The van der Waals surface area contributed by atoms with Crippen molar-refractivity contribution < 1.29 is 28.7 Å². The van der Waals surface area contributed by atoms with E-state index in [1.54, 1.807) is 0 Å². The average molecular weight is 468 g/mol. The molecule has 0 spiro atoms. The number of esters is 1. The topological polar surface area (TPSA) is 128 Å². The molecule has 0 aromatic rings. The van der Waals surface area contributed by atoms with Crippen molar-refractivity contribution >= 4 is 23.9 Å². The number of rotatable bonds is 6. The summed E-state index contributed by atoms with van der Waals surface area (Å²) < 4.78 is 9.71. The monoisotopic (exact) mass is 467 g/mol. The van der Waals surface area contributed by atoms with E-state index in [4.69, 9.17) is 10.5 Å². The van der Waals surface area contributed by atoms with Gasteiger partial charge in [-0.25, -0.2) is 4.79 Å². The predicted molar refractivity (Wildman–Crippen MR) is 125 cm³/mol. The lowest BCUT2D eigenvalue weighted by atomic mass is 10.2. The van der Waals surface area contributed by atoms with E-state index in [1.165, 1.54) is 12.0 Å². The zero-order chi connectivity index (χ0) is 25.0. The molecule has 3 aliphatic rings. The normalized spacial score (nSPS) is 23.4. The van der Waals surface area contributed by atoms with Gasteiger partial charge < -0.3 is 25.4 Å². The number of carbonyl (C=O) groups is 4. The molecule has 1 heterocycles. The van der Waals surface area contributed by atoms with E-state index < -0.39 is 18.0 Å². The van der Waals surface area contributed by atoms with Crippen LogP contribution in [0.1, 0.15) is 65.7 Å². The van der Waals surface area contributed by atoms with Gasteiger partial charge in [0.25, 0.3) is 0 Å². The summed E-state index contributed by atoms with van der Waals surface area (Å²) in [4.78, 5) is 46.8. The predicted octanol–water partition coefficient (Wildman–Crippen LogP) is 2.78. The van der Waals surface area contributed by atoms with E-state index in [0.717, 1.165) is 44.4 Å². The fraction of sp³-hybridized carbons (Fsp3) is 0.750. The number of hydrogen-bond acceptors (Lipinski definition) is 6. The zero-order valence-corrected chi connectivity index (χ0v) is 20.5. The number of hydrogen-bond donors (Lipinski definition) is 2. The van der Waals surface area contributed by atoms with Crippen LogP contribution in [0.3, 0.4) is 0 Å². The Morgan fingerprint density at radius 1 is 1.12 bits per heavy atom. The summed E-state index contributed by atoms with van der Waals surface area (Å²) >= 11 is 0. The molecular formula is C24H41N3O6. The Labute approximate surface area is 197 Å². The van der Waals surface area contributed by atoms with E-state index in [0.29, 0.717) is 18.9 Å². The molecule has 3 rings (SSSR count). The lowest BCUT2D eigenvalue weighted by molar-refractivity contribution is -0.142. The number of primary amides is 1.